The fraction of sp³-hybridized carbons (Fsp3) is 0.571. The molecule has 3 heteroatoms. The highest BCUT2D eigenvalue weighted by Gasteiger charge is 2.26. The Labute approximate surface area is 108 Å². The maximum Gasteiger partial charge on any atom is 0.0954 e. The van der Waals surface area contributed by atoms with Crippen molar-refractivity contribution in [3.8, 4) is 0 Å². The number of benzene rings is 1. The lowest BCUT2D eigenvalue weighted by atomic mass is 9.97. The summed E-state index contributed by atoms with van der Waals surface area (Å²) in [6.07, 6.45) is 2.39. The van der Waals surface area contributed by atoms with Crippen LogP contribution in [0.15, 0.2) is 24.3 Å². The van der Waals surface area contributed by atoms with Crippen molar-refractivity contribution in [2.75, 3.05) is 26.2 Å². The second-order valence-corrected chi connectivity index (χ2v) is 5.57. The lowest BCUT2D eigenvalue weighted by Crippen LogP contribution is -2.30. The number of fused-ring (bicyclic) bond motifs is 1. The van der Waals surface area contributed by atoms with E-state index in [0.29, 0.717) is 5.38 Å². The first-order chi connectivity index (χ1) is 8.33. The van der Waals surface area contributed by atoms with Crippen LogP contribution < -0.4 is 0 Å². The zero-order chi connectivity index (χ0) is 11.7. The lowest BCUT2D eigenvalue weighted by Gasteiger charge is -2.29. The lowest BCUT2D eigenvalue weighted by molar-refractivity contribution is 0.0207. The molecule has 1 aromatic carbocycles. The molecule has 17 heavy (non-hydrogen) atoms. The van der Waals surface area contributed by atoms with E-state index in [9.17, 15) is 0 Å². The van der Waals surface area contributed by atoms with Crippen molar-refractivity contribution in [1.29, 1.82) is 0 Å². The molecule has 2 heterocycles. The van der Waals surface area contributed by atoms with Gasteiger partial charge in [-0.3, -0.25) is 4.90 Å². The van der Waals surface area contributed by atoms with Gasteiger partial charge in [-0.15, -0.1) is 11.6 Å². The zero-order valence-electron chi connectivity index (χ0n) is 9.94. The van der Waals surface area contributed by atoms with Gasteiger partial charge in [0.1, 0.15) is 0 Å². The normalized spacial score (nSPS) is 29.2. The molecule has 2 aliphatic heterocycles. The van der Waals surface area contributed by atoms with Crippen molar-refractivity contribution >= 4 is 11.6 Å². The van der Waals surface area contributed by atoms with Crippen LogP contribution in [0.4, 0.5) is 0 Å². The Hall–Kier alpha value is -0.570. The number of likely N-dealkylation sites (tertiary alicyclic amines) is 1. The summed E-state index contributed by atoms with van der Waals surface area (Å²) < 4.78 is 5.92. The molecule has 0 aliphatic carbocycles. The summed E-state index contributed by atoms with van der Waals surface area (Å²) in [5.41, 5.74) is 2.82. The van der Waals surface area contributed by atoms with Gasteiger partial charge < -0.3 is 4.74 Å². The molecule has 1 saturated heterocycles. The van der Waals surface area contributed by atoms with Gasteiger partial charge >= 0.3 is 0 Å². The summed E-state index contributed by atoms with van der Waals surface area (Å²) in [5.74, 6) is 0. The van der Waals surface area contributed by atoms with Crippen LogP contribution >= 0.6 is 11.6 Å². The van der Waals surface area contributed by atoms with Crippen LogP contribution in [-0.2, 0) is 11.2 Å². The molecule has 2 unspecified atom stereocenters. The highest BCUT2D eigenvalue weighted by Crippen LogP contribution is 2.29. The van der Waals surface area contributed by atoms with Gasteiger partial charge in [0.2, 0.25) is 0 Å². The van der Waals surface area contributed by atoms with Crippen molar-refractivity contribution < 1.29 is 4.74 Å². The SMILES string of the molecule is ClC1CCN(CC2OCCc3ccccc32)C1. The Bertz CT molecular complexity index is 396. The fourth-order valence-electron chi connectivity index (χ4n) is 2.81. The molecule has 92 valence electrons. The molecule has 2 atom stereocenters. The molecule has 0 saturated carbocycles. The second-order valence-electron chi connectivity index (χ2n) is 4.95. The third-order valence-electron chi connectivity index (χ3n) is 3.73. The van der Waals surface area contributed by atoms with E-state index < -0.39 is 0 Å². The summed E-state index contributed by atoms with van der Waals surface area (Å²) in [6.45, 7) is 3.94. The molecule has 1 aromatic rings. The highest BCUT2D eigenvalue weighted by molar-refractivity contribution is 6.20. The standard InChI is InChI=1S/C14H18ClNO/c15-12-5-7-16(9-12)10-14-13-4-2-1-3-11(13)6-8-17-14/h1-4,12,14H,5-10H2. The van der Waals surface area contributed by atoms with Gasteiger partial charge in [0, 0.05) is 18.5 Å². The first-order valence-electron chi connectivity index (χ1n) is 6.39. The molecule has 2 nitrogen and oxygen atoms in total. The average molecular weight is 252 g/mol. The molecule has 0 aromatic heterocycles. The summed E-state index contributed by atoms with van der Waals surface area (Å²) in [6, 6.07) is 8.65. The maximum atomic E-state index is 6.14. The Kier molecular flexibility index (Phi) is 3.37. The Morgan fingerprint density at radius 2 is 2.24 bits per heavy atom. The van der Waals surface area contributed by atoms with E-state index in [2.05, 4.69) is 29.2 Å². The van der Waals surface area contributed by atoms with Gasteiger partial charge in [0.05, 0.1) is 12.7 Å². The fourth-order valence-corrected chi connectivity index (χ4v) is 3.11. The molecule has 0 amide bonds. The minimum absolute atomic E-state index is 0.238. The van der Waals surface area contributed by atoms with Crippen molar-refractivity contribution in [2.24, 2.45) is 0 Å². The Morgan fingerprint density at radius 1 is 1.35 bits per heavy atom. The summed E-state index contributed by atoms with van der Waals surface area (Å²) in [4.78, 5) is 2.42. The van der Waals surface area contributed by atoms with Crippen LogP contribution in [0.1, 0.15) is 23.7 Å². The van der Waals surface area contributed by atoms with E-state index in [4.69, 9.17) is 16.3 Å². The molecule has 0 spiro atoms. The van der Waals surface area contributed by atoms with E-state index in [0.717, 1.165) is 39.1 Å². The van der Waals surface area contributed by atoms with E-state index in [-0.39, 0.29) is 6.10 Å². The number of rotatable bonds is 2. The van der Waals surface area contributed by atoms with E-state index >= 15 is 0 Å². The molecular weight excluding hydrogens is 234 g/mol. The van der Waals surface area contributed by atoms with Crippen molar-refractivity contribution in [2.45, 2.75) is 24.3 Å². The van der Waals surface area contributed by atoms with Crippen molar-refractivity contribution in [3.63, 3.8) is 0 Å². The van der Waals surface area contributed by atoms with E-state index in [1.165, 1.54) is 11.1 Å². The molecule has 2 aliphatic rings. The third kappa shape index (κ3) is 2.49. The third-order valence-corrected chi connectivity index (χ3v) is 4.09. The zero-order valence-corrected chi connectivity index (χ0v) is 10.7. The number of ether oxygens (including phenoxy) is 1. The van der Waals surface area contributed by atoms with Gasteiger partial charge in [0.15, 0.2) is 0 Å². The summed E-state index contributed by atoms with van der Waals surface area (Å²) >= 11 is 6.14. The molecule has 1 fully saturated rings. The first kappa shape index (κ1) is 11.5. The average Bonchev–Trinajstić information content (AvgIpc) is 2.75. The highest BCUT2D eigenvalue weighted by atomic mass is 35.5. The van der Waals surface area contributed by atoms with Gasteiger partial charge in [-0.05, 0) is 30.5 Å². The topological polar surface area (TPSA) is 12.5 Å². The van der Waals surface area contributed by atoms with Crippen LogP contribution in [0.5, 0.6) is 0 Å². The van der Waals surface area contributed by atoms with Crippen molar-refractivity contribution in [1.82, 2.24) is 4.90 Å². The van der Waals surface area contributed by atoms with Gasteiger partial charge in [-0.25, -0.2) is 0 Å². The van der Waals surface area contributed by atoms with E-state index in [1.807, 2.05) is 0 Å². The minimum atomic E-state index is 0.238. The van der Waals surface area contributed by atoms with Crippen LogP contribution in [0, 0.1) is 0 Å². The summed E-state index contributed by atoms with van der Waals surface area (Å²) in [5, 5.41) is 0.328. The number of alkyl halides is 1. The first-order valence-corrected chi connectivity index (χ1v) is 6.82. The van der Waals surface area contributed by atoms with Crippen LogP contribution in [-0.4, -0.2) is 36.5 Å². The van der Waals surface area contributed by atoms with Crippen LogP contribution in [0.2, 0.25) is 0 Å². The number of halogens is 1. The minimum Gasteiger partial charge on any atom is -0.372 e. The van der Waals surface area contributed by atoms with Gasteiger partial charge in [0.25, 0.3) is 0 Å². The smallest absolute Gasteiger partial charge is 0.0954 e. The second kappa shape index (κ2) is 4.97. The molecular formula is C14H18ClNO. The quantitative estimate of drug-likeness (QED) is 0.750. The molecule has 0 bridgehead atoms. The monoisotopic (exact) mass is 251 g/mol. The molecule has 3 rings (SSSR count). The van der Waals surface area contributed by atoms with Gasteiger partial charge in [-0.1, -0.05) is 24.3 Å². The molecule has 0 radical (unpaired) electrons. The maximum absolute atomic E-state index is 6.14. The van der Waals surface area contributed by atoms with Crippen LogP contribution in [0.3, 0.4) is 0 Å². The van der Waals surface area contributed by atoms with Crippen molar-refractivity contribution in [3.05, 3.63) is 35.4 Å². The Balaban J connectivity index is 1.72. The Morgan fingerprint density at radius 3 is 3.06 bits per heavy atom. The number of nitrogens with zero attached hydrogens (tertiary/aromatic N) is 1. The predicted octanol–water partition coefficient (Wildman–Crippen LogP) is 2.61. The predicted molar refractivity (Wildman–Crippen MR) is 69.5 cm³/mol. The van der Waals surface area contributed by atoms with Crippen LogP contribution in [0.25, 0.3) is 0 Å². The summed E-state index contributed by atoms with van der Waals surface area (Å²) in [7, 11) is 0. The van der Waals surface area contributed by atoms with Gasteiger partial charge in [-0.2, -0.15) is 0 Å². The van der Waals surface area contributed by atoms with E-state index in [1.54, 1.807) is 0 Å². The molecule has 0 N–H and O–H groups in total. The largest absolute Gasteiger partial charge is 0.372 e. The number of hydrogen-bond donors (Lipinski definition) is 0. The number of hydrogen-bond acceptors (Lipinski definition) is 2.